The number of Topliss-reactive ketones (excluding diaryl/α,β-unsaturated/α-hetero) is 1. The van der Waals surface area contributed by atoms with Gasteiger partial charge in [-0.15, -0.1) is 0 Å². The zero-order valence-corrected chi connectivity index (χ0v) is 14.7. The van der Waals surface area contributed by atoms with Gasteiger partial charge in [0.05, 0.1) is 12.6 Å². The summed E-state index contributed by atoms with van der Waals surface area (Å²) in [5, 5.41) is 5.28. The van der Waals surface area contributed by atoms with Gasteiger partial charge in [-0.1, -0.05) is 12.8 Å². The monoisotopic (exact) mass is 363 g/mol. The van der Waals surface area contributed by atoms with Crippen molar-refractivity contribution in [3.8, 4) is 0 Å². The highest BCUT2D eigenvalue weighted by Crippen LogP contribution is 2.33. The SMILES string of the molecule is O=CC(=O)C(CC1CC1)NC(=O)C1CCCN1C(=O)CNC(=O)C1CC1. The van der Waals surface area contributed by atoms with Gasteiger partial charge in [0.15, 0.2) is 6.29 Å². The van der Waals surface area contributed by atoms with Gasteiger partial charge in [-0.2, -0.15) is 0 Å². The van der Waals surface area contributed by atoms with Crippen molar-refractivity contribution in [1.82, 2.24) is 15.5 Å². The molecule has 26 heavy (non-hydrogen) atoms. The van der Waals surface area contributed by atoms with Crippen LogP contribution in [-0.2, 0) is 24.0 Å². The van der Waals surface area contributed by atoms with Gasteiger partial charge in [-0.05, 0) is 38.0 Å². The van der Waals surface area contributed by atoms with Crippen LogP contribution < -0.4 is 10.6 Å². The van der Waals surface area contributed by atoms with E-state index in [2.05, 4.69) is 10.6 Å². The Kier molecular flexibility index (Phi) is 5.68. The Hall–Kier alpha value is -2.25. The average Bonchev–Trinajstić information content (AvgIpc) is 3.56. The summed E-state index contributed by atoms with van der Waals surface area (Å²) in [5.74, 6) is -1.03. The van der Waals surface area contributed by atoms with E-state index in [9.17, 15) is 24.0 Å². The lowest BCUT2D eigenvalue weighted by atomic mass is 10.1. The normalized spacial score (nSPS) is 23.2. The van der Waals surface area contributed by atoms with Crippen molar-refractivity contribution < 1.29 is 24.0 Å². The predicted molar refractivity (Wildman–Crippen MR) is 90.8 cm³/mol. The first kappa shape index (κ1) is 18.5. The van der Waals surface area contributed by atoms with Gasteiger partial charge < -0.3 is 15.5 Å². The van der Waals surface area contributed by atoms with Crippen molar-refractivity contribution in [3.05, 3.63) is 0 Å². The molecule has 3 fully saturated rings. The van der Waals surface area contributed by atoms with Gasteiger partial charge in [0, 0.05) is 12.5 Å². The van der Waals surface area contributed by atoms with E-state index in [1.807, 2.05) is 0 Å². The van der Waals surface area contributed by atoms with Crippen LogP contribution in [0.4, 0.5) is 0 Å². The standard InChI is InChI=1S/C18H25N3O5/c22-10-15(23)13(8-11-3-4-11)20-18(26)14-2-1-7-21(14)16(24)9-19-17(25)12-5-6-12/h10-14H,1-9H2,(H,19,25)(H,20,26). The second-order valence-electron chi connectivity index (χ2n) is 7.50. The fourth-order valence-corrected chi connectivity index (χ4v) is 3.38. The smallest absolute Gasteiger partial charge is 0.243 e. The van der Waals surface area contributed by atoms with E-state index in [0.29, 0.717) is 31.7 Å². The van der Waals surface area contributed by atoms with Crippen LogP contribution in [-0.4, -0.2) is 59.9 Å². The maximum absolute atomic E-state index is 12.6. The van der Waals surface area contributed by atoms with Crippen LogP contribution in [0.1, 0.15) is 44.9 Å². The highest BCUT2D eigenvalue weighted by molar-refractivity contribution is 6.28. The minimum Gasteiger partial charge on any atom is -0.347 e. The number of carbonyl (C=O) groups excluding carboxylic acids is 5. The van der Waals surface area contributed by atoms with Gasteiger partial charge in [0.25, 0.3) is 0 Å². The molecule has 142 valence electrons. The number of hydrogen-bond donors (Lipinski definition) is 2. The van der Waals surface area contributed by atoms with E-state index >= 15 is 0 Å². The average molecular weight is 363 g/mol. The molecule has 2 aliphatic carbocycles. The molecule has 0 aromatic rings. The van der Waals surface area contributed by atoms with Crippen LogP contribution in [0.2, 0.25) is 0 Å². The first-order valence-corrected chi connectivity index (χ1v) is 9.36. The summed E-state index contributed by atoms with van der Waals surface area (Å²) >= 11 is 0. The number of amides is 3. The minimum absolute atomic E-state index is 0.0259. The molecular formula is C18H25N3O5. The number of aldehydes is 1. The number of hydrogen-bond acceptors (Lipinski definition) is 5. The number of nitrogens with one attached hydrogen (secondary N) is 2. The molecular weight excluding hydrogens is 338 g/mol. The minimum atomic E-state index is -0.806. The van der Waals surface area contributed by atoms with Crippen LogP contribution >= 0.6 is 0 Å². The molecule has 2 saturated carbocycles. The van der Waals surface area contributed by atoms with Crippen molar-refractivity contribution in [3.63, 3.8) is 0 Å². The van der Waals surface area contributed by atoms with Crippen LogP contribution in [0, 0.1) is 11.8 Å². The van der Waals surface area contributed by atoms with E-state index in [4.69, 9.17) is 0 Å². The Morgan fingerprint density at radius 1 is 1.04 bits per heavy atom. The van der Waals surface area contributed by atoms with Crippen LogP contribution in [0.5, 0.6) is 0 Å². The third-order valence-corrected chi connectivity index (χ3v) is 5.28. The quantitative estimate of drug-likeness (QED) is 0.426. The molecule has 2 unspecified atom stereocenters. The van der Waals surface area contributed by atoms with Gasteiger partial charge >= 0.3 is 0 Å². The summed E-state index contributed by atoms with van der Waals surface area (Å²) in [6.45, 7) is 0.336. The molecule has 0 aromatic carbocycles. The maximum Gasteiger partial charge on any atom is 0.243 e. The zero-order chi connectivity index (χ0) is 18.7. The second kappa shape index (κ2) is 7.97. The van der Waals surface area contributed by atoms with E-state index in [1.54, 1.807) is 0 Å². The fourth-order valence-electron chi connectivity index (χ4n) is 3.38. The van der Waals surface area contributed by atoms with Crippen LogP contribution in [0.25, 0.3) is 0 Å². The summed E-state index contributed by atoms with van der Waals surface area (Å²) in [6, 6.07) is -1.46. The third-order valence-electron chi connectivity index (χ3n) is 5.28. The van der Waals surface area contributed by atoms with Crippen LogP contribution in [0.15, 0.2) is 0 Å². The Labute approximate surface area is 152 Å². The van der Waals surface area contributed by atoms with E-state index in [0.717, 1.165) is 25.7 Å². The second-order valence-corrected chi connectivity index (χ2v) is 7.50. The molecule has 0 spiro atoms. The lowest BCUT2D eigenvalue weighted by Gasteiger charge is -2.26. The van der Waals surface area contributed by atoms with Gasteiger partial charge in [0.2, 0.25) is 23.5 Å². The molecule has 2 N–H and O–H groups in total. The molecule has 3 amide bonds. The Morgan fingerprint density at radius 3 is 2.38 bits per heavy atom. The highest BCUT2D eigenvalue weighted by Gasteiger charge is 2.37. The van der Waals surface area contributed by atoms with Gasteiger partial charge in [-0.3, -0.25) is 24.0 Å². The molecule has 0 aromatic heterocycles. The number of carbonyl (C=O) groups is 5. The molecule has 0 bridgehead atoms. The summed E-state index contributed by atoms with van der Waals surface area (Å²) in [7, 11) is 0. The van der Waals surface area contributed by atoms with Crippen molar-refractivity contribution in [1.29, 1.82) is 0 Å². The number of ketones is 1. The summed E-state index contributed by atoms with van der Waals surface area (Å²) in [5.41, 5.74) is 0. The Balaban J connectivity index is 1.54. The molecule has 1 aliphatic heterocycles. The molecule has 2 atom stereocenters. The molecule has 0 radical (unpaired) electrons. The van der Waals surface area contributed by atoms with E-state index in [1.165, 1.54) is 4.90 Å². The van der Waals surface area contributed by atoms with Crippen molar-refractivity contribution in [2.24, 2.45) is 11.8 Å². The first-order valence-electron chi connectivity index (χ1n) is 9.36. The predicted octanol–water partition coefficient (Wildman–Crippen LogP) is -0.443. The summed E-state index contributed by atoms with van der Waals surface area (Å²) in [4.78, 5) is 60.7. The third kappa shape index (κ3) is 4.68. The lowest BCUT2D eigenvalue weighted by molar-refractivity contribution is -0.140. The van der Waals surface area contributed by atoms with Crippen molar-refractivity contribution in [2.75, 3.05) is 13.1 Å². The lowest BCUT2D eigenvalue weighted by Crippen LogP contribution is -2.52. The number of rotatable bonds is 9. The number of nitrogens with zero attached hydrogens (tertiary/aromatic N) is 1. The highest BCUT2D eigenvalue weighted by atomic mass is 16.2. The molecule has 1 saturated heterocycles. The first-order chi connectivity index (χ1) is 12.5. The molecule has 3 rings (SSSR count). The molecule has 3 aliphatic rings. The Bertz CT molecular complexity index is 612. The van der Waals surface area contributed by atoms with E-state index < -0.39 is 23.8 Å². The maximum atomic E-state index is 12.6. The molecule has 1 heterocycles. The van der Waals surface area contributed by atoms with Crippen molar-refractivity contribution >= 4 is 29.8 Å². The molecule has 8 heteroatoms. The fraction of sp³-hybridized carbons (Fsp3) is 0.722. The molecule has 8 nitrogen and oxygen atoms in total. The van der Waals surface area contributed by atoms with Gasteiger partial charge in [-0.25, -0.2) is 0 Å². The van der Waals surface area contributed by atoms with Crippen LogP contribution in [0.3, 0.4) is 0 Å². The van der Waals surface area contributed by atoms with Gasteiger partial charge in [0.1, 0.15) is 6.04 Å². The van der Waals surface area contributed by atoms with E-state index in [-0.39, 0.29) is 30.6 Å². The number of likely N-dealkylation sites (tertiary alicyclic amines) is 1. The Morgan fingerprint density at radius 2 is 1.77 bits per heavy atom. The largest absolute Gasteiger partial charge is 0.347 e. The topological polar surface area (TPSA) is 113 Å². The zero-order valence-electron chi connectivity index (χ0n) is 14.7. The van der Waals surface area contributed by atoms with Crippen molar-refractivity contribution in [2.45, 2.75) is 57.0 Å². The summed E-state index contributed by atoms with van der Waals surface area (Å²) in [6.07, 6.45) is 5.67. The summed E-state index contributed by atoms with van der Waals surface area (Å²) < 4.78 is 0.